The third kappa shape index (κ3) is 36.0. The molecule has 0 bridgehead atoms. The Labute approximate surface area is 128 Å². The molecule has 0 rings (SSSR count). The number of hydrogen-bond donors (Lipinski definition) is 1. The van der Waals surface area contributed by atoms with Crippen molar-refractivity contribution in [1.82, 2.24) is 0 Å². The van der Waals surface area contributed by atoms with Gasteiger partial charge in [0.1, 0.15) is 17.3 Å². The summed E-state index contributed by atoms with van der Waals surface area (Å²) in [6.07, 6.45) is 1.12. The van der Waals surface area contributed by atoms with E-state index in [0.29, 0.717) is 19.3 Å². The Hall–Kier alpha value is -1.03. The number of carbonyl (C=O) groups excluding carboxylic acids is 3. The van der Waals surface area contributed by atoms with Crippen LogP contribution in [0.15, 0.2) is 0 Å². The Morgan fingerprint density at radius 3 is 1.45 bits per heavy atom. The largest absolute Gasteiger partial charge is 1.00 e. The molecule has 126 valence electrons. The number of carbonyl (C=O) groups is 3. The predicted molar refractivity (Wildman–Crippen MR) is 90.2 cm³/mol. The fraction of sp³-hybridized carbons (Fsp3) is 0.812. The molecular weight excluding hydrogens is 256 g/mol. The molecule has 0 aromatic rings. The first-order valence-corrected chi connectivity index (χ1v) is 5.52. The molecule has 4 nitrogen and oxygen atoms in total. The molecule has 4 heteroatoms. The summed E-state index contributed by atoms with van der Waals surface area (Å²) in [5, 5.41) is 8.81. The Morgan fingerprint density at radius 1 is 0.950 bits per heavy atom. The molecule has 0 spiro atoms. The first-order chi connectivity index (χ1) is 7.33. The lowest BCUT2D eigenvalue weighted by Crippen LogP contribution is -2.08. The van der Waals surface area contributed by atoms with Crippen molar-refractivity contribution >= 4 is 17.3 Å². The molecule has 0 aromatic carbocycles. The third-order valence-electron chi connectivity index (χ3n) is 1.83. The highest BCUT2D eigenvalue weighted by molar-refractivity contribution is 5.97. The van der Waals surface area contributed by atoms with E-state index in [1.165, 1.54) is 13.8 Å². The molecule has 1 atom stereocenters. The minimum atomic E-state index is -0.424. The average molecular weight is 295 g/mol. The maximum absolute atomic E-state index is 10.4. The van der Waals surface area contributed by atoms with Crippen molar-refractivity contribution in [3.8, 4) is 0 Å². The van der Waals surface area contributed by atoms with Crippen molar-refractivity contribution in [2.45, 2.75) is 89.2 Å². The van der Waals surface area contributed by atoms with Gasteiger partial charge in [0.25, 0.3) is 0 Å². The number of aliphatic hydroxyl groups excluding tert-OH is 1. The minimum absolute atomic E-state index is 0. The van der Waals surface area contributed by atoms with Gasteiger partial charge in [-0.3, -0.25) is 14.4 Å². The van der Waals surface area contributed by atoms with Crippen LogP contribution < -0.4 is 0 Å². The summed E-state index contributed by atoms with van der Waals surface area (Å²) >= 11 is 0. The molecule has 0 aliphatic carbocycles. The van der Waals surface area contributed by atoms with Crippen molar-refractivity contribution in [3.05, 3.63) is 0 Å². The number of Topliss-reactive ketones (excluding diaryl/α,β-unsaturated/α-hetero) is 3. The van der Waals surface area contributed by atoms with E-state index < -0.39 is 6.10 Å². The highest BCUT2D eigenvalue weighted by atomic mass is 16.3. The van der Waals surface area contributed by atoms with Crippen molar-refractivity contribution < 1.29 is 20.9 Å². The van der Waals surface area contributed by atoms with Gasteiger partial charge in [0.05, 0.1) is 12.5 Å². The quantitative estimate of drug-likeness (QED) is 0.740. The summed E-state index contributed by atoms with van der Waals surface area (Å²) in [5.41, 5.74) is 0. The van der Waals surface area contributed by atoms with Crippen LogP contribution in [0.5, 0.6) is 0 Å². The van der Waals surface area contributed by atoms with Crippen LogP contribution in [0.1, 0.15) is 84.5 Å². The van der Waals surface area contributed by atoms with Crippen molar-refractivity contribution in [1.29, 1.82) is 0 Å². The number of aliphatic hydroxyl groups is 1. The molecule has 0 aliphatic heterocycles. The lowest BCUT2D eigenvalue weighted by Gasteiger charge is -2.01. The summed E-state index contributed by atoms with van der Waals surface area (Å²) in [5.74, 6) is 0.0358. The Bertz CT molecular complexity index is 240. The van der Waals surface area contributed by atoms with E-state index in [-0.39, 0.29) is 54.9 Å². The molecular formula is C16H39O4+. The van der Waals surface area contributed by atoms with E-state index in [9.17, 15) is 14.4 Å². The molecule has 0 saturated carbocycles. The van der Waals surface area contributed by atoms with Crippen LogP contribution in [0.4, 0.5) is 0 Å². The van der Waals surface area contributed by atoms with Gasteiger partial charge in [-0.25, -0.2) is 0 Å². The van der Waals surface area contributed by atoms with Crippen LogP contribution >= 0.6 is 0 Å². The van der Waals surface area contributed by atoms with Gasteiger partial charge in [0, 0.05) is 12.8 Å². The zero-order chi connectivity index (χ0) is 13.1. The molecule has 1 unspecified atom stereocenters. The van der Waals surface area contributed by atoms with Crippen LogP contribution in [-0.2, 0) is 14.4 Å². The standard InChI is InChI=1S/C6H12O2.C6H10O2.4CH4/c2*1-3-6(8)4-5(2)7;;;;/h6,8H,3-4H2,1-2H3;3-4H2,1-2H3;4*1H4/p+1. The Kier molecular flexibility index (Phi) is 42.0. The summed E-state index contributed by atoms with van der Waals surface area (Å²) in [6.45, 7) is 6.52. The van der Waals surface area contributed by atoms with Crippen LogP contribution in [0.2, 0.25) is 0 Å². The van der Waals surface area contributed by atoms with Gasteiger partial charge < -0.3 is 5.11 Å². The van der Waals surface area contributed by atoms with E-state index in [1.807, 2.05) is 6.92 Å². The lowest BCUT2D eigenvalue weighted by molar-refractivity contribution is -0.125. The maximum atomic E-state index is 10.4. The first-order valence-electron chi connectivity index (χ1n) is 5.52. The Balaban J connectivity index is -0.0000000302. The molecule has 20 heavy (non-hydrogen) atoms. The van der Waals surface area contributed by atoms with Gasteiger partial charge >= 0.3 is 1.43 Å². The van der Waals surface area contributed by atoms with Crippen LogP contribution in [-0.4, -0.2) is 28.6 Å². The predicted octanol–water partition coefficient (Wildman–Crippen LogP) is 4.34. The number of rotatable bonds is 6. The monoisotopic (exact) mass is 295 g/mol. The number of hydrogen-bond acceptors (Lipinski definition) is 4. The zero-order valence-electron chi connectivity index (χ0n) is 11.6. The van der Waals surface area contributed by atoms with Crippen molar-refractivity contribution in [3.63, 3.8) is 0 Å². The van der Waals surface area contributed by atoms with Gasteiger partial charge in [-0.15, -0.1) is 0 Å². The normalized spacial score (nSPS) is 8.85. The van der Waals surface area contributed by atoms with Crippen molar-refractivity contribution in [2.75, 3.05) is 0 Å². The van der Waals surface area contributed by atoms with Gasteiger partial charge in [0.2, 0.25) is 0 Å². The summed E-state index contributed by atoms with van der Waals surface area (Å²) in [6, 6.07) is 0. The van der Waals surface area contributed by atoms with Crippen LogP contribution in [0, 0.1) is 0 Å². The molecule has 0 heterocycles. The smallest absolute Gasteiger partial charge is 0.393 e. The second-order valence-corrected chi connectivity index (χ2v) is 3.74. The Morgan fingerprint density at radius 2 is 1.35 bits per heavy atom. The summed E-state index contributed by atoms with van der Waals surface area (Å²) in [7, 11) is 0. The van der Waals surface area contributed by atoms with E-state index >= 15 is 0 Å². The van der Waals surface area contributed by atoms with Crippen LogP contribution in [0.25, 0.3) is 0 Å². The molecule has 1 N–H and O–H groups in total. The van der Waals surface area contributed by atoms with Gasteiger partial charge in [-0.1, -0.05) is 43.6 Å². The zero-order valence-corrected chi connectivity index (χ0v) is 10.6. The van der Waals surface area contributed by atoms with E-state index in [0.717, 1.165) is 0 Å². The first kappa shape index (κ1) is 36.4. The topological polar surface area (TPSA) is 71.4 Å². The molecule has 0 aliphatic rings. The second-order valence-electron chi connectivity index (χ2n) is 3.74. The molecule has 0 amide bonds. The highest BCUT2D eigenvalue weighted by Gasteiger charge is 2.02. The van der Waals surface area contributed by atoms with Gasteiger partial charge in [-0.05, 0) is 20.3 Å². The van der Waals surface area contributed by atoms with E-state index in [4.69, 9.17) is 5.11 Å². The van der Waals surface area contributed by atoms with Crippen LogP contribution in [0.3, 0.4) is 0 Å². The van der Waals surface area contributed by atoms with Gasteiger partial charge in [-0.2, -0.15) is 0 Å². The molecule has 0 fully saturated rings. The fourth-order valence-corrected chi connectivity index (χ4v) is 0.879. The van der Waals surface area contributed by atoms with E-state index in [2.05, 4.69) is 0 Å². The third-order valence-corrected chi connectivity index (χ3v) is 1.83. The number of ketones is 3. The highest BCUT2D eigenvalue weighted by Crippen LogP contribution is 1.95. The minimum Gasteiger partial charge on any atom is -0.393 e. The maximum Gasteiger partial charge on any atom is 1.00 e. The van der Waals surface area contributed by atoms with E-state index in [1.54, 1.807) is 6.92 Å². The fourth-order valence-electron chi connectivity index (χ4n) is 0.879. The SMILES string of the molecule is C.C.C.C.CCC(=O)CC(C)=O.CCC(O)CC(C)=O.[H+]. The summed E-state index contributed by atoms with van der Waals surface area (Å²) in [4.78, 5) is 30.8. The molecule has 0 aromatic heterocycles. The average Bonchev–Trinajstić information content (AvgIpc) is 2.16. The van der Waals surface area contributed by atoms with Crippen molar-refractivity contribution in [2.24, 2.45) is 0 Å². The van der Waals surface area contributed by atoms with Gasteiger partial charge in [0.15, 0.2) is 0 Å². The summed E-state index contributed by atoms with van der Waals surface area (Å²) < 4.78 is 0. The second kappa shape index (κ2) is 23.1. The molecule has 0 saturated heterocycles. The molecule has 0 radical (unpaired) electrons. The lowest BCUT2D eigenvalue weighted by atomic mass is 10.1.